The van der Waals surface area contributed by atoms with E-state index in [1.165, 1.54) is 71.1 Å². The fourth-order valence-corrected chi connectivity index (χ4v) is 6.94. The summed E-state index contributed by atoms with van der Waals surface area (Å²) in [6.45, 7) is 16.2. The molecule has 3 nitrogen and oxygen atoms in total. The minimum atomic E-state index is 0.242. The maximum Gasteiger partial charge on any atom is 0.287 e. The van der Waals surface area contributed by atoms with E-state index in [1.807, 2.05) is 6.33 Å². The summed E-state index contributed by atoms with van der Waals surface area (Å²) >= 11 is 0. The van der Waals surface area contributed by atoms with Gasteiger partial charge in [0.25, 0.3) is 6.33 Å². The van der Waals surface area contributed by atoms with Crippen LogP contribution in [0.4, 0.5) is 0 Å². The highest BCUT2D eigenvalue weighted by Crippen LogP contribution is 2.42. The molecule has 196 valence electrons. The van der Waals surface area contributed by atoms with Crippen LogP contribution in [0.1, 0.15) is 58.2 Å². The molecule has 0 saturated carbocycles. The summed E-state index contributed by atoms with van der Waals surface area (Å²) < 4.78 is 4.75. The second kappa shape index (κ2) is 7.91. The summed E-state index contributed by atoms with van der Waals surface area (Å²) in [6.07, 6.45) is 4.10. The van der Waals surface area contributed by atoms with E-state index in [4.69, 9.17) is 4.98 Å². The second-order valence-electron chi connectivity index (χ2n) is 14.2. The zero-order chi connectivity index (χ0) is 27.4. The Hall–Kier alpha value is -3.72. The molecule has 4 aromatic carbocycles. The standard InChI is InChI=1S/C36H38N3/c1-21-26-15-22(18-35(2,3)4)9-11-24(26)17-30-31(21)34-32-28(37-20-38(34)8)13-12-25-27-16-23(19-36(5,6)7)10-14-29(27)39(30)33(25)32/h9-17,20H,18-19H2,1-8H3/q+1. The smallest absolute Gasteiger partial charge is 0.287 e. The van der Waals surface area contributed by atoms with E-state index < -0.39 is 0 Å². The molecule has 3 aromatic heterocycles. The van der Waals surface area contributed by atoms with Crippen LogP contribution >= 0.6 is 0 Å². The van der Waals surface area contributed by atoms with E-state index in [0.717, 1.165) is 18.4 Å². The first-order valence-electron chi connectivity index (χ1n) is 14.2. The van der Waals surface area contributed by atoms with Gasteiger partial charge in [0.15, 0.2) is 5.52 Å². The molecular formula is C36H38N3+. The highest BCUT2D eigenvalue weighted by atomic mass is 15.0. The lowest BCUT2D eigenvalue weighted by molar-refractivity contribution is -0.646. The summed E-state index contributed by atoms with van der Waals surface area (Å²) in [5.74, 6) is 0. The Kier molecular flexibility index (Phi) is 4.93. The topological polar surface area (TPSA) is 21.2 Å². The predicted octanol–water partition coefficient (Wildman–Crippen LogP) is 8.85. The van der Waals surface area contributed by atoms with Crippen molar-refractivity contribution in [3.63, 3.8) is 0 Å². The molecular weight excluding hydrogens is 474 g/mol. The van der Waals surface area contributed by atoms with Gasteiger partial charge in [-0.2, -0.15) is 0 Å². The minimum absolute atomic E-state index is 0.242. The van der Waals surface area contributed by atoms with Gasteiger partial charge < -0.3 is 4.40 Å². The summed E-state index contributed by atoms with van der Waals surface area (Å²) in [5, 5.41) is 7.87. The maximum absolute atomic E-state index is 4.87. The van der Waals surface area contributed by atoms with E-state index in [9.17, 15) is 0 Å². The van der Waals surface area contributed by atoms with E-state index in [0.29, 0.717) is 0 Å². The van der Waals surface area contributed by atoms with Gasteiger partial charge in [0.05, 0.1) is 29.0 Å². The number of rotatable bonds is 2. The first-order chi connectivity index (χ1) is 18.4. The molecule has 39 heavy (non-hydrogen) atoms. The number of hydrogen-bond acceptors (Lipinski definition) is 1. The highest BCUT2D eigenvalue weighted by molar-refractivity contribution is 6.27. The molecule has 0 radical (unpaired) electrons. The SMILES string of the molecule is Cc1c2cc(CC(C)(C)C)ccc2cc2c1c1c3c(ccc4c5cc(CC(C)(C)C)ccc5n2c43)nc[n+]1C. The normalized spacial score (nSPS) is 13.3. The van der Waals surface area contributed by atoms with Crippen LogP contribution in [0.3, 0.4) is 0 Å². The summed E-state index contributed by atoms with van der Waals surface area (Å²) in [4.78, 5) is 4.87. The number of fused-ring (bicyclic) bond motifs is 7. The van der Waals surface area contributed by atoms with Crippen molar-refractivity contribution in [3.8, 4) is 0 Å². The van der Waals surface area contributed by atoms with Crippen molar-refractivity contribution in [2.75, 3.05) is 0 Å². The molecule has 0 N–H and O–H groups in total. The third kappa shape index (κ3) is 3.70. The minimum Gasteiger partial charge on any atom is -0.308 e. The molecule has 0 bridgehead atoms. The Labute approximate surface area is 230 Å². The molecule has 3 heterocycles. The molecule has 0 amide bonds. The van der Waals surface area contributed by atoms with Crippen LogP contribution in [0.5, 0.6) is 0 Å². The van der Waals surface area contributed by atoms with Gasteiger partial charge in [-0.3, -0.25) is 0 Å². The van der Waals surface area contributed by atoms with Gasteiger partial charge in [-0.15, -0.1) is 0 Å². The lowest BCUT2D eigenvalue weighted by Gasteiger charge is -2.19. The first-order valence-corrected chi connectivity index (χ1v) is 14.2. The van der Waals surface area contributed by atoms with Gasteiger partial charge in [0.2, 0.25) is 0 Å². The fraction of sp³-hybridized carbons (Fsp3) is 0.333. The van der Waals surface area contributed by atoms with Crippen molar-refractivity contribution >= 4 is 59.9 Å². The van der Waals surface area contributed by atoms with Gasteiger partial charge in [0.1, 0.15) is 5.52 Å². The first kappa shape index (κ1) is 24.3. The van der Waals surface area contributed by atoms with Crippen molar-refractivity contribution in [2.45, 2.75) is 61.3 Å². The molecule has 7 rings (SSSR count). The van der Waals surface area contributed by atoms with Crippen LogP contribution in [0.2, 0.25) is 0 Å². The zero-order valence-corrected chi connectivity index (χ0v) is 24.5. The second-order valence-corrected chi connectivity index (χ2v) is 14.2. The molecule has 7 aromatic rings. The lowest BCUT2D eigenvalue weighted by Crippen LogP contribution is -2.30. The van der Waals surface area contributed by atoms with Crippen LogP contribution in [0.15, 0.2) is 60.9 Å². The van der Waals surface area contributed by atoms with Gasteiger partial charge in [-0.25, -0.2) is 4.57 Å². The molecule has 3 heteroatoms. The number of aryl methyl sites for hydroxylation is 2. The van der Waals surface area contributed by atoms with E-state index in [2.05, 4.69) is 119 Å². The van der Waals surface area contributed by atoms with Crippen molar-refractivity contribution < 1.29 is 4.57 Å². The van der Waals surface area contributed by atoms with Gasteiger partial charge in [-0.1, -0.05) is 65.8 Å². The maximum atomic E-state index is 4.87. The van der Waals surface area contributed by atoms with Crippen molar-refractivity contribution in [1.82, 2.24) is 9.38 Å². The molecule has 0 aliphatic carbocycles. The highest BCUT2D eigenvalue weighted by Gasteiger charge is 2.25. The molecule has 0 fully saturated rings. The fourth-order valence-electron chi connectivity index (χ4n) is 6.94. The number of pyridine rings is 1. The largest absolute Gasteiger partial charge is 0.308 e. The summed E-state index contributed by atoms with van der Waals surface area (Å²) in [7, 11) is 2.14. The Morgan fingerprint density at radius 1 is 0.718 bits per heavy atom. The Morgan fingerprint density at radius 3 is 2.08 bits per heavy atom. The number of nitrogens with zero attached hydrogens (tertiary/aromatic N) is 3. The zero-order valence-electron chi connectivity index (χ0n) is 24.5. The van der Waals surface area contributed by atoms with E-state index >= 15 is 0 Å². The molecule has 0 atom stereocenters. The summed E-state index contributed by atoms with van der Waals surface area (Å²) in [6, 6.07) is 21.1. The van der Waals surface area contributed by atoms with Crippen LogP contribution < -0.4 is 4.57 Å². The third-order valence-electron chi connectivity index (χ3n) is 8.32. The van der Waals surface area contributed by atoms with Crippen LogP contribution in [0, 0.1) is 17.8 Å². The number of hydrogen-bond donors (Lipinski definition) is 0. The predicted molar refractivity (Wildman–Crippen MR) is 166 cm³/mol. The Balaban J connectivity index is 1.68. The van der Waals surface area contributed by atoms with E-state index in [1.54, 1.807) is 0 Å². The number of aromatic nitrogens is 3. The molecule has 0 saturated heterocycles. The lowest BCUT2D eigenvalue weighted by atomic mass is 9.86. The van der Waals surface area contributed by atoms with Crippen molar-refractivity contribution in [2.24, 2.45) is 17.9 Å². The monoisotopic (exact) mass is 512 g/mol. The van der Waals surface area contributed by atoms with E-state index in [-0.39, 0.29) is 10.8 Å². The average molecular weight is 513 g/mol. The molecule has 0 aliphatic rings. The van der Waals surface area contributed by atoms with Crippen molar-refractivity contribution in [3.05, 3.63) is 77.6 Å². The third-order valence-corrected chi connectivity index (χ3v) is 8.32. The molecule has 0 aliphatic heterocycles. The van der Waals surface area contributed by atoms with Gasteiger partial charge in [-0.05, 0) is 93.4 Å². The summed E-state index contributed by atoms with van der Waals surface area (Å²) in [5.41, 5.74) is 10.8. The average Bonchev–Trinajstić information content (AvgIpc) is 3.17. The molecule has 0 spiro atoms. The Morgan fingerprint density at radius 2 is 1.38 bits per heavy atom. The Bertz CT molecular complexity index is 2100. The molecule has 0 unspecified atom stereocenters. The quantitative estimate of drug-likeness (QED) is 0.129. The van der Waals surface area contributed by atoms with Crippen LogP contribution in [-0.4, -0.2) is 9.38 Å². The number of benzene rings is 4. The van der Waals surface area contributed by atoms with Crippen LogP contribution in [-0.2, 0) is 19.9 Å². The van der Waals surface area contributed by atoms with Gasteiger partial charge in [0, 0.05) is 16.2 Å². The van der Waals surface area contributed by atoms with Crippen LogP contribution in [0.25, 0.3) is 59.9 Å². The van der Waals surface area contributed by atoms with Gasteiger partial charge >= 0.3 is 0 Å². The van der Waals surface area contributed by atoms with Crippen molar-refractivity contribution in [1.29, 1.82) is 0 Å².